The molecule has 0 aromatic heterocycles. The summed E-state index contributed by atoms with van der Waals surface area (Å²) in [5.41, 5.74) is 1.35. The first-order valence-corrected chi connectivity index (χ1v) is 8.95. The van der Waals surface area contributed by atoms with E-state index in [1.807, 2.05) is 30.3 Å². The van der Waals surface area contributed by atoms with Crippen LogP contribution in [0.1, 0.15) is 37.3 Å². The van der Waals surface area contributed by atoms with E-state index < -0.39 is 12.0 Å². The van der Waals surface area contributed by atoms with Crippen molar-refractivity contribution in [3.05, 3.63) is 35.9 Å². The van der Waals surface area contributed by atoms with Gasteiger partial charge in [0.05, 0.1) is 12.6 Å². The Morgan fingerprint density at radius 1 is 1.38 bits per heavy atom. The summed E-state index contributed by atoms with van der Waals surface area (Å²) < 4.78 is 0. The lowest BCUT2D eigenvalue weighted by molar-refractivity contribution is -0.142. The molecular formula is C19H26N2O3. The normalized spacial score (nSPS) is 39.1. The molecule has 7 unspecified atom stereocenters. The number of carbonyl (C=O) groups is 1. The third-order valence-electron chi connectivity index (χ3n) is 6.85. The van der Waals surface area contributed by atoms with Crippen LogP contribution in [0.3, 0.4) is 0 Å². The number of benzene rings is 1. The molecule has 3 fully saturated rings. The fourth-order valence-corrected chi connectivity index (χ4v) is 5.39. The molecule has 130 valence electrons. The standard InChI is InChI=1S/C19H26N2O3/c1-21-16-10-13(9-14-7-8-19(14,16)21)17(18(23)24)20-15(11-22)12-5-3-2-4-6-12/h2-6,13-17,20,22H,7-11H2,1H3,(H,23,24). The number of nitrogens with one attached hydrogen (secondary N) is 1. The van der Waals surface area contributed by atoms with Gasteiger partial charge in [0.1, 0.15) is 6.04 Å². The van der Waals surface area contributed by atoms with Gasteiger partial charge in [-0.1, -0.05) is 30.3 Å². The Hall–Kier alpha value is -1.43. The minimum absolute atomic E-state index is 0.1000. The van der Waals surface area contributed by atoms with Crippen LogP contribution in [0.5, 0.6) is 0 Å². The number of aliphatic hydroxyl groups excluding tert-OH is 1. The third kappa shape index (κ3) is 2.30. The lowest BCUT2D eigenvalue weighted by atomic mass is 9.61. The van der Waals surface area contributed by atoms with E-state index in [-0.39, 0.29) is 18.6 Å². The average Bonchev–Trinajstić information content (AvgIpc) is 3.19. The van der Waals surface area contributed by atoms with Gasteiger partial charge in [-0.2, -0.15) is 0 Å². The van der Waals surface area contributed by atoms with Crippen molar-refractivity contribution in [3.8, 4) is 0 Å². The van der Waals surface area contributed by atoms with Crippen LogP contribution in [0.4, 0.5) is 0 Å². The number of carboxylic acid groups (broad SMARTS) is 1. The van der Waals surface area contributed by atoms with Crippen molar-refractivity contribution in [2.45, 2.75) is 49.3 Å². The van der Waals surface area contributed by atoms with Gasteiger partial charge >= 0.3 is 5.97 Å². The molecule has 5 nitrogen and oxygen atoms in total. The molecule has 3 N–H and O–H groups in total. The fraction of sp³-hybridized carbons (Fsp3) is 0.632. The van der Waals surface area contributed by atoms with E-state index >= 15 is 0 Å². The summed E-state index contributed by atoms with van der Waals surface area (Å²) in [6.07, 6.45) is 4.44. The van der Waals surface area contributed by atoms with Crippen LogP contribution >= 0.6 is 0 Å². The number of rotatable bonds is 6. The maximum Gasteiger partial charge on any atom is 0.321 e. The molecule has 1 saturated heterocycles. The van der Waals surface area contributed by atoms with Crippen molar-refractivity contribution in [2.75, 3.05) is 13.7 Å². The van der Waals surface area contributed by atoms with Gasteiger partial charge in [0, 0.05) is 11.6 Å². The highest BCUT2D eigenvalue weighted by Crippen LogP contribution is 2.65. The van der Waals surface area contributed by atoms with Crippen molar-refractivity contribution in [1.29, 1.82) is 0 Å². The molecule has 1 aliphatic heterocycles. The number of likely N-dealkylation sites (tertiary alicyclic amines) is 1. The summed E-state index contributed by atoms with van der Waals surface area (Å²) in [5, 5.41) is 22.8. The van der Waals surface area contributed by atoms with Gasteiger partial charge in [-0.05, 0) is 50.1 Å². The van der Waals surface area contributed by atoms with Gasteiger partial charge in [-0.15, -0.1) is 0 Å². The molecule has 0 bridgehead atoms. The number of hydrogen-bond acceptors (Lipinski definition) is 4. The van der Waals surface area contributed by atoms with Crippen molar-refractivity contribution < 1.29 is 15.0 Å². The molecule has 24 heavy (non-hydrogen) atoms. The molecule has 2 aliphatic carbocycles. The van der Waals surface area contributed by atoms with Crippen LogP contribution in [0, 0.1) is 11.8 Å². The van der Waals surface area contributed by atoms with E-state index in [1.54, 1.807) is 0 Å². The maximum absolute atomic E-state index is 11.9. The first-order valence-electron chi connectivity index (χ1n) is 8.95. The van der Waals surface area contributed by atoms with Crippen LogP contribution in [0.15, 0.2) is 30.3 Å². The first kappa shape index (κ1) is 16.1. The second kappa shape index (κ2) is 5.83. The molecule has 0 radical (unpaired) electrons. The Labute approximate surface area is 142 Å². The zero-order valence-corrected chi connectivity index (χ0v) is 14.1. The summed E-state index contributed by atoms with van der Waals surface area (Å²) >= 11 is 0. The van der Waals surface area contributed by atoms with Gasteiger partial charge < -0.3 is 10.2 Å². The van der Waals surface area contributed by atoms with E-state index in [2.05, 4.69) is 17.3 Å². The Balaban J connectivity index is 1.50. The minimum Gasteiger partial charge on any atom is -0.480 e. The molecule has 4 rings (SSSR count). The summed E-state index contributed by atoms with van der Waals surface area (Å²) in [7, 11) is 2.18. The number of hydrogen-bond donors (Lipinski definition) is 3. The smallest absolute Gasteiger partial charge is 0.321 e. The maximum atomic E-state index is 11.9. The second-order valence-electron chi connectivity index (χ2n) is 7.71. The minimum atomic E-state index is -0.801. The second-order valence-corrected chi connectivity index (χ2v) is 7.71. The highest BCUT2D eigenvalue weighted by Gasteiger charge is 2.71. The highest BCUT2D eigenvalue weighted by molar-refractivity contribution is 5.74. The van der Waals surface area contributed by atoms with Crippen LogP contribution in [-0.2, 0) is 4.79 Å². The number of nitrogens with zero attached hydrogens (tertiary/aromatic N) is 1. The van der Waals surface area contributed by atoms with E-state index in [1.165, 1.54) is 12.8 Å². The van der Waals surface area contributed by atoms with Crippen molar-refractivity contribution in [1.82, 2.24) is 10.2 Å². The van der Waals surface area contributed by atoms with E-state index in [4.69, 9.17) is 0 Å². The largest absolute Gasteiger partial charge is 0.480 e. The van der Waals surface area contributed by atoms with Gasteiger partial charge in [0.2, 0.25) is 0 Å². The molecule has 3 aliphatic rings. The number of aliphatic hydroxyl groups is 1. The van der Waals surface area contributed by atoms with E-state index in [0.717, 1.165) is 18.4 Å². The molecule has 2 saturated carbocycles. The monoisotopic (exact) mass is 330 g/mol. The molecule has 1 spiro atoms. The Morgan fingerprint density at radius 2 is 2.12 bits per heavy atom. The fourth-order valence-electron chi connectivity index (χ4n) is 5.39. The van der Waals surface area contributed by atoms with Crippen LogP contribution < -0.4 is 5.32 Å². The van der Waals surface area contributed by atoms with Gasteiger partial charge in [0.25, 0.3) is 0 Å². The molecule has 0 amide bonds. The van der Waals surface area contributed by atoms with Gasteiger partial charge in [-0.25, -0.2) is 0 Å². The molecule has 1 aromatic rings. The van der Waals surface area contributed by atoms with Crippen LogP contribution in [0.2, 0.25) is 0 Å². The molecule has 1 heterocycles. The average molecular weight is 330 g/mol. The highest BCUT2D eigenvalue weighted by atomic mass is 16.4. The molecule has 5 heteroatoms. The third-order valence-corrected chi connectivity index (χ3v) is 6.85. The van der Waals surface area contributed by atoms with Gasteiger partial charge in [-0.3, -0.25) is 15.0 Å². The van der Waals surface area contributed by atoms with Crippen LogP contribution in [0.25, 0.3) is 0 Å². The van der Waals surface area contributed by atoms with E-state index in [0.29, 0.717) is 17.5 Å². The Morgan fingerprint density at radius 3 is 2.67 bits per heavy atom. The number of aliphatic carboxylic acids is 1. The van der Waals surface area contributed by atoms with Crippen molar-refractivity contribution >= 4 is 5.97 Å². The first-order chi connectivity index (χ1) is 11.6. The zero-order valence-electron chi connectivity index (χ0n) is 14.1. The van der Waals surface area contributed by atoms with Gasteiger partial charge in [0.15, 0.2) is 0 Å². The van der Waals surface area contributed by atoms with Crippen molar-refractivity contribution in [2.24, 2.45) is 11.8 Å². The predicted molar refractivity (Wildman–Crippen MR) is 90.6 cm³/mol. The lowest BCUT2D eigenvalue weighted by Gasteiger charge is -2.44. The summed E-state index contributed by atoms with van der Waals surface area (Å²) in [6.45, 7) is -0.1000. The molecule has 7 atom stereocenters. The number of likely N-dealkylation sites (N-methyl/N-ethyl adjacent to an activating group) is 1. The summed E-state index contributed by atoms with van der Waals surface area (Å²) in [4.78, 5) is 14.4. The van der Waals surface area contributed by atoms with Crippen LogP contribution in [-0.4, -0.2) is 52.4 Å². The summed E-state index contributed by atoms with van der Waals surface area (Å²) in [6, 6.07) is 9.23. The summed E-state index contributed by atoms with van der Waals surface area (Å²) in [5.74, 6) is -0.0163. The lowest BCUT2D eigenvalue weighted by Crippen LogP contribution is -2.51. The zero-order chi connectivity index (χ0) is 16.9. The Bertz CT molecular complexity index is 612. The topological polar surface area (TPSA) is 72.6 Å². The predicted octanol–water partition coefficient (Wildman–Crippen LogP) is 1.64. The SMILES string of the molecule is CN1C2CC(C(NC(CO)c3ccccc3)C(=O)O)CC3CCC321. The van der Waals surface area contributed by atoms with Crippen molar-refractivity contribution in [3.63, 3.8) is 0 Å². The molecule has 1 aromatic carbocycles. The Kier molecular flexibility index (Phi) is 3.90. The number of carboxylic acids is 1. The quantitative estimate of drug-likeness (QED) is 0.692. The van der Waals surface area contributed by atoms with E-state index in [9.17, 15) is 15.0 Å². The molecular weight excluding hydrogens is 304 g/mol.